The van der Waals surface area contributed by atoms with Gasteiger partial charge in [0.15, 0.2) is 0 Å². The Balaban J connectivity index is 2.07. The van der Waals surface area contributed by atoms with Crippen LogP contribution in [-0.2, 0) is 6.42 Å². The van der Waals surface area contributed by atoms with Crippen molar-refractivity contribution in [1.82, 2.24) is 4.90 Å². The van der Waals surface area contributed by atoms with Gasteiger partial charge >= 0.3 is 0 Å². The normalized spacial score (nSPS) is 18.9. The summed E-state index contributed by atoms with van der Waals surface area (Å²) in [5, 5.41) is 3.40. The van der Waals surface area contributed by atoms with Gasteiger partial charge in [0, 0.05) is 6.54 Å². The molecular weight excluding hydrogens is 200 g/mol. The Labute approximate surface area is 97.4 Å². The first-order valence-corrected chi connectivity index (χ1v) is 5.83. The molecule has 0 spiro atoms. The summed E-state index contributed by atoms with van der Waals surface area (Å²) in [5.74, 6) is 0.979. The number of fused-ring (bicyclic) bond motifs is 1. The van der Waals surface area contributed by atoms with Crippen LogP contribution in [-0.4, -0.2) is 38.2 Å². The van der Waals surface area contributed by atoms with Crippen LogP contribution in [0.15, 0.2) is 18.2 Å². The van der Waals surface area contributed by atoms with Crippen LogP contribution in [0.5, 0.6) is 5.75 Å². The molecule has 0 aliphatic carbocycles. The fourth-order valence-electron chi connectivity index (χ4n) is 1.84. The van der Waals surface area contributed by atoms with Gasteiger partial charge in [-0.15, -0.1) is 0 Å². The summed E-state index contributed by atoms with van der Waals surface area (Å²) in [5.41, 5.74) is 2.49. The predicted octanol–water partition coefficient (Wildman–Crippen LogP) is 1.98. The first kappa shape index (κ1) is 11.3. The molecule has 0 bridgehead atoms. The smallest absolute Gasteiger partial charge is 0.142 e. The van der Waals surface area contributed by atoms with Gasteiger partial charge in [0.1, 0.15) is 11.9 Å². The third-order valence-corrected chi connectivity index (χ3v) is 2.80. The van der Waals surface area contributed by atoms with Crippen molar-refractivity contribution in [1.29, 1.82) is 0 Å². The van der Waals surface area contributed by atoms with Crippen molar-refractivity contribution >= 4 is 5.69 Å². The van der Waals surface area contributed by atoms with Crippen LogP contribution >= 0.6 is 0 Å². The van der Waals surface area contributed by atoms with Crippen LogP contribution < -0.4 is 10.1 Å². The fourth-order valence-corrected chi connectivity index (χ4v) is 1.84. The average molecular weight is 220 g/mol. The van der Waals surface area contributed by atoms with E-state index >= 15 is 0 Å². The number of hydrogen-bond acceptors (Lipinski definition) is 3. The van der Waals surface area contributed by atoms with Crippen LogP contribution in [0.1, 0.15) is 12.5 Å². The zero-order chi connectivity index (χ0) is 11.5. The monoisotopic (exact) mass is 220 g/mol. The topological polar surface area (TPSA) is 24.5 Å². The molecule has 1 atom stereocenters. The largest absolute Gasteiger partial charge is 0.487 e. The second kappa shape index (κ2) is 4.74. The lowest BCUT2D eigenvalue weighted by atomic mass is 10.1. The number of benzene rings is 1. The third kappa shape index (κ3) is 2.67. The fraction of sp³-hybridized carbons (Fsp3) is 0.538. The third-order valence-electron chi connectivity index (χ3n) is 2.80. The number of hydrogen-bond donors (Lipinski definition) is 1. The summed E-state index contributed by atoms with van der Waals surface area (Å²) in [4.78, 5) is 2.20. The summed E-state index contributed by atoms with van der Waals surface area (Å²) >= 11 is 0. The van der Waals surface area contributed by atoms with Gasteiger partial charge in [-0.05, 0) is 45.1 Å². The maximum atomic E-state index is 5.74. The Kier molecular flexibility index (Phi) is 3.34. The van der Waals surface area contributed by atoms with Crippen LogP contribution in [0.4, 0.5) is 5.69 Å². The molecule has 88 valence electrons. The lowest BCUT2D eigenvalue weighted by Crippen LogP contribution is -2.27. The molecule has 3 heteroatoms. The summed E-state index contributed by atoms with van der Waals surface area (Å²) in [6.45, 7) is 4.05. The molecule has 1 aliphatic rings. The highest BCUT2D eigenvalue weighted by Gasteiger charge is 2.15. The highest BCUT2D eigenvalue weighted by molar-refractivity contribution is 5.59. The summed E-state index contributed by atoms with van der Waals surface area (Å²) < 4.78 is 5.74. The highest BCUT2D eigenvalue weighted by atomic mass is 16.5. The molecule has 1 unspecified atom stereocenters. The first-order valence-electron chi connectivity index (χ1n) is 5.83. The van der Waals surface area contributed by atoms with Gasteiger partial charge in [0.25, 0.3) is 0 Å². The molecule has 1 N–H and O–H groups in total. The van der Waals surface area contributed by atoms with Crippen molar-refractivity contribution in [3.8, 4) is 5.75 Å². The Bertz CT molecular complexity index is 363. The minimum atomic E-state index is 0.264. The summed E-state index contributed by atoms with van der Waals surface area (Å²) in [6.07, 6.45) is 1.34. The standard InChI is InChI=1S/C13H20N2O/c1-10-9-14-12-8-11(6-7-15(2)3)4-5-13(12)16-10/h4-5,8,10,14H,6-7,9H2,1-3H3. The maximum Gasteiger partial charge on any atom is 0.142 e. The number of anilines is 1. The van der Waals surface area contributed by atoms with Crippen molar-refractivity contribution in [2.24, 2.45) is 0 Å². The van der Waals surface area contributed by atoms with Gasteiger partial charge < -0.3 is 15.0 Å². The zero-order valence-electron chi connectivity index (χ0n) is 10.3. The van der Waals surface area contributed by atoms with Crippen molar-refractivity contribution in [3.63, 3.8) is 0 Å². The van der Waals surface area contributed by atoms with Crippen molar-refractivity contribution in [3.05, 3.63) is 23.8 Å². The number of rotatable bonds is 3. The number of ether oxygens (including phenoxy) is 1. The molecule has 1 aromatic carbocycles. The van der Waals surface area contributed by atoms with E-state index in [2.05, 4.69) is 49.4 Å². The van der Waals surface area contributed by atoms with E-state index in [0.29, 0.717) is 0 Å². The SMILES string of the molecule is CC1CNc2cc(CCN(C)C)ccc2O1. The lowest BCUT2D eigenvalue weighted by molar-refractivity contribution is 0.226. The predicted molar refractivity (Wildman–Crippen MR) is 67.3 cm³/mol. The molecule has 0 aromatic heterocycles. The zero-order valence-corrected chi connectivity index (χ0v) is 10.3. The van der Waals surface area contributed by atoms with Crippen LogP contribution in [0.2, 0.25) is 0 Å². The maximum absolute atomic E-state index is 5.74. The number of nitrogens with zero attached hydrogens (tertiary/aromatic N) is 1. The Hall–Kier alpha value is -1.22. The minimum Gasteiger partial charge on any atom is -0.487 e. The van der Waals surface area contributed by atoms with Gasteiger partial charge in [-0.3, -0.25) is 0 Å². The quantitative estimate of drug-likeness (QED) is 0.843. The molecule has 0 saturated heterocycles. The van der Waals surface area contributed by atoms with Gasteiger partial charge in [-0.2, -0.15) is 0 Å². The van der Waals surface area contributed by atoms with Gasteiger partial charge in [0.05, 0.1) is 12.2 Å². The van der Waals surface area contributed by atoms with E-state index in [0.717, 1.165) is 30.9 Å². The second-order valence-electron chi connectivity index (χ2n) is 4.69. The van der Waals surface area contributed by atoms with E-state index in [1.165, 1.54) is 5.56 Å². The molecule has 0 radical (unpaired) electrons. The molecule has 1 aliphatic heterocycles. The molecular formula is C13H20N2O. The van der Waals surface area contributed by atoms with Crippen LogP contribution in [0.3, 0.4) is 0 Å². The van der Waals surface area contributed by atoms with Crippen molar-refractivity contribution in [2.75, 3.05) is 32.5 Å². The van der Waals surface area contributed by atoms with Gasteiger partial charge in [-0.1, -0.05) is 6.07 Å². The van der Waals surface area contributed by atoms with Gasteiger partial charge in [-0.25, -0.2) is 0 Å². The van der Waals surface area contributed by atoms with E-state index in [4.69, 9.17) is 4.74 Å². The molecule has 0 amide bonds. The number of nitrogens with one attached hydrogen (secondary N) is 1. The molecule has 2 rings (SSSR count). The molecule has 3 nitrogen and oxygen atoms in total. The molecule has 0 saturated carbocycles. The lowest BCUT2D eigenvalue weighted by Gasteiger charge is -2.25. The second-order valence-corrected chi connectivity index (χ2v) is 4.69. The molecule has 1 aromatic rings. The van der Waals surface area contributed by atoms with E-state index in [9.17, 15) is 0 Å². The summed E-state index contributed by atoms with van der Waals surface area (Å²) in [7, 11) is 4.20. The van der Waals surface area contributed by atoms with E-state index in [-0.39, 0.29) is 6.10 Å². The Morgan fingerprint density at radius 2 is 2.25 bits per heavy atom. The minimum absolute atomic E-state index is 0.264. The molecule has 1 heterocycles. The molecule has 0 fully saturated rings. The highest BCUT2D eigenvalue weighted by Crippen LogP contribution is 2.29. The van der Waals surface area contributed by atoms with E-state index < -0.39 is 0 Å². The van der Waals surface area contributed by atoms with Crippen molar-refractivity contribution < 1.29 is 4.74 Å². The van der Waals surface area contributed by atoms with Crippen LogP contribution in [0, 0.1) is 0 Å². The van der Waals surface area contributed by atoms with Crippen LogP contribution in [0.25, 0.3) is 0 Å². The Morgan fingerprint density at radius 3 is 3.00 bits per heavy atom. The van der Waals surface area contributed by atoms with Crippen molar-refractivity contribution in [2.45, 2.75) is 19.4 Å². The van der Waals surface area contributed by atoms with Gasteiger partial charge in [0.2, 0.25) is 0 Å². The Morgan fingerprint density at radius 1 is 1.44 bits per heavy atom. The first-order chi connectivity index (χ1) is 7.65. The molecule has 16 heavy (non-hydrogen) atoms. The number of likely N-dealkylation sites (N-methyl/N-ethyl adjacent to an activating group) is 1. The van der Waals surface area contributed by atoms with E-state index in [1.54, 1.807) is 0 Å². The average Bonchev–Trinajstić information content (AvgIpc) is 2.26. The summed E-state index contributed by atoms with van der Waals surface area (Å²) in [6, 6.07) is 6.43. The van der Waals surface area contributed by atoms with E-state index in [1.807, 2.05) is 0 Å².